The average molecular weight is 444 g/mol. The Morgan fingerprint density at radius 3 is 2.46 bits per heavy atom. The molecule has 0 radical (unpaired) electrons. The number of esters is 1. The minimum Gasteiger partial charge on any atom is -0.452 e. The van der Waals surface area contributed by atoms with Gasteiger partial charge in [0.1, 0.15) is 0 Å². The summed E-state index contributed by atoms with van der Waals surface area (Å²) in [5.74, 6) is -1.60. The van der Waals surface area contributed by atoms with Gasteiger partial charge in [-0.1, -0.05) is 48.3 Å². The molecule has 1 atom stereocenters. The molecule has 2 aromatic rings. The van der Waals surface area contributed by atoms with Crippen molar-refractivity contribution >= 4 is 44.9 Å². The lowest BCUT2D eigenvalue weighted by Crippen LogP contribution is -2.31. The second kappa shape index (κ2) is 9.41. The molecule has 0 aromatic heterocycles. The second-order valence-electron chi connectivity index (χ2n) is 5.93. The van der Waals surface area contributed by atoms with Gasteiger partial charge in [-0.3, -0.25) is 4.79 Å². The summed E-state index contributed by atoms with van der Waals surface area (Å²) in [6.07, 6.45) is 0. The summed E-state index contributed by atoms with van der Waals surface area (Å²) < 4.78 is 29.2. The third kappa shape index (κ3) is 5.47. The zero-order chi connectivity index (χ0) is 20.9. The van der Waals surface area contributed by atoms with Gasteiger partial charge in [0.2, 0.25) is 0 Å². The Hall–Kier alpha value is -2.09. The number of carbonyl (C=O) groups excluding carboxylic acids is 2. The largest absolute Gasteiger partial charge is 0.452 e. The number of benzene rings is 2. The maximum atomic E-state index is 12.3. The maximum Gasteiger partial charge on any atom is 0.339 e. The van der Waals surface area contributed by atoms with E-state index in [0.29, 0.717) is 15.6 Å². The van der Waals surface area contributed by atoms with E-state index in [4.69, 9.17) is 27.9 Å². The fourth-order valence-electron chi connectivity index (χ4n) is 2.48. The van der Waals surface area contributed by atoms with E-state index in [9.17, 15) is 18.0 Å². The van der Waals surface area contributed by atoms with Gasteiger partial charge in [-0.15, -0.1) is 0 Å². The first-order valence-electron chi connectivity index (χ1n) is 8.39. The van der Waals surface area contributed by atoms with Gasteiger partial charge < -0.3 is 10.1 Å². The van der Waals surface area contributed by atoms with Gasteiger partial charge in [-0.2, -0.15) is 0 Å². The zero-order valence-corrected chi connectivity index (χ0v) is 17.6. The molecule has 0 heterocycles. The first-order valence-corrected chi connectivity index (χ1v) is 10.8. The molecule has 6 nitrogen and oxygen atoms in total. The van der Waals surface area contributed by atoms with Crippen LogP contribution in [0, 0.1) is 0 Å². The minimum atomic E-state index is -3.60. The van der Waals surface area contributed by atoms with Crippen LogP contribution >= 0.6 is 23.2 Å². The molecule has 0 aliphatic carbocycles. The van der Waals surface area contributed by atoms with Crippen LogP contribution in [0.2, 0.25) is 10.0 Å². The van der Waals surface area contributed by atoms with E-state index in [1.54, 1.807) is 25.1 Å². The molecule has 9 heteroatoms. The number of carbonyl (C=O) groups is 2. The number of amides is 1. The highest BCUT2D eigenvalue weighted by Gasteiger charge is 2.22. The van der Waals surface area contributed by atoms with Crippen molar-refractivity contribution in [2.45, 2.75) is 24.8 Å². The molecule has 0 bridgehead atoms. The van der Waals surface area contributed by atoms with Crippen molar-refractivity contribution in [1.29, 1.82) is 0 Å². The van der Waals surface area contributed by atoms with Crippen molar-refractivity contribution in [2.24, 2.45) is 0 Å². The number of ether oxygens (including phenoxy) is 1. The third-order valence-corrected chi connectivity index (χ3v) is 6.31. The number of halogens is 2. The van der Waals surface area contributed by atoms with E-state index >= 15 is 0 Å². The number of rotatable bonds is 7. The summed E-state index contributed by atoms with van der Waals surface area (Å²) in [6, 6.07) is 10.2. The summed E-state index contributed by atoms with van der Waals surface area (Å²) in [7, 11) is -3.60. The molecule has 0 fully saturated rings. The molecule has 1 N–H and O–H groups in total. The van der Waals surface area contributed by atoms with E-state index in [-0.39, 0.29) is 16.2 Å². The van der Waals surface area contributed by atoms with Gasteiger partial charge in [0.25, 0.3) is 5.91 Å². The highest BCUT2D eigenvalue weighted by molar-refractivity contribution is 7.91. The summed E-state index contributed by atoms with van der Waals surface area (Å²) >= 11 is 12.0. The predicted molar refractivity (Wildman–Crippen MR) is 107 cm³/mol. The van der Waals surface area contributed by atoms with Crippen molar-refractivity contribution in [3.05, 3.63) is 63.6 Å². The van der Waals surface area contributed by atoms with E-state index < -0.39 is 34.4 Å². The van der Waals surface area contributed by atoms with Crippen LogP contribution in [0.5, 0.6) is 0 Å². The fourth-order valence-corrected chi connectivity index (χ4v) is 4.14. The van der Waals surface area contributed by atoms with Crippen molar-refractivity contribution in [1.82, 2.24) is 5.32 Å². The Labute approximate surface area is 173 Å². The van der Waals surface area contributed by atoms with Crippen LogP contribution in [0.3, 0.4) is 0 Å². The Bertz CT molecular complexity index is 992. The molecule has 0 saturated heterocycles. The first-order chi connectivity index (χ1) is 13.2. The Balaban J connectivity index is 2.03. The highest BCUT2D eigenvalue weighted by atomic mass is 35.5. The van der Waals surface area contributed by atoms with Gasteiger partial charge in [-0.25, -0.2) is 13.2 Å². The second-order valence-corrected chi connectivity index (χ2v) is 9.02. The van der Waals surface area contributed by atoms with Gasteiger partial charge in [0.15, 0.2) is 16.4 Å². The van der Waals surface area contributed by atoms with Gasteiger partial charge in [0, 0.05) is 10.0 Å². The van der Waals surface area contributed by atoms with Crippen LogP contribution in [0.15, 0.2) is 47.4 Å². The molecular weight excluding hydrogens is 425 g/mol. The molecule has 0 saturated carbocycles. The van der Waals surface area contributed by atoms with Crippen molar-refractivity contribution in [2.75, 3.05) is 12.4 Å². The van der Waals surface area contributed by atoms with Gasteiger partial charge in [-0.05, 0) is 36.8 Å². The summed E-state index contributed by atoms with van der Waals surface area (Å²) in [5, 5.41) is 3.53. The van der Waals surface area contributed by atoms with E-state index in [1.165, 1.54) is 31.2 Å². The molecule has 1 amide bonds. The van der Waals surface area contributed by atoms with Gasteiger partial charge in [0.05, 0.1) is 22.3 Å². The standard InChI is InChI=1S/C19H19Cl2NO5S/c1-3-28(25,26)17-7-5-4-6-15(17)19(24)27-11-18(23)22-12(2)14-9-8-13(20)10-16(14)21/h4-10,12H,3,11H2,1-2H3,(H,22,23). The molecule has 2 rings (SSSR count). The smallest absolute Gasteiger partial charge is 0.339 e. The van der Waals surface area contributed by atoms with Crippen LogP contribution in [-0.4, -0.2) is 32.7 Å². The van der Waals surface area contributed by atoms with Gasteiger partial charge >= 0.3 is 5.97 Å². The monoisotopic (exact) mass is 443 g/mol. The molecule has 150 valence electrons. The van der Waals surface area contributed by atoms with Crippen LogP contribution in [0.25, 0.3) is 0 Å². The summed E-state index contributed by atoms with van der Waals surface area (Å²) in [4.78, 5) is 24.3. The average Bonchev–Trinajstić information content (AvgIpc) is 2.65. The van der Waals surface area contributed by atoms with Crippen molar-refractivity contribution in [3.63, 3.8) is 0 Å². The summed E-state index contributed by atoms with van der Waals surface area (Å²) in [5.41, 5.74) is 0.552. The fraction of sp³-hybridized carbons (Fsp3) is 0.263. The quantitative estimate of drug-likeness (QED) is 0.656. The molecular formula is C19H19Cl2NO5S. The molecule has 0 aliphatic heterocycles. The maximum absolute atomic E-state index is 12.3. The Morgan fingerprint density at radius 2 is 1.82 bits per heavy atom. The van der Waals surface area contributed by atoms with Crippen LogP contribution in [0.1, 0.15) is 35.8 Å². The number of hydrogen-bond acceptors (Lipinski definition) is 5. The Kier molecular flexibility index (Phi) is 7.46. The van der Waals surface area contributed by atoms with Crippen LogP contribution < -0.4 is 5.32 Å². The minimum absolute atomic E-state index is 0.106. The van der Waals surface area contributed by atoms with Crippen LogP contribution in [0.4, 0.5) is 0 Å². The first kappa shape index (κ1) is 22.2. The zero-order valence-electron chi connectivity index (χ0n) is 15.2. The molecule has 28 heavy (non-hydrogen) atoms. The van der Waals surface area contributed by atoms with Crippen LogP contribution in [-0.2, 0) is 19.4 Å². The molecule has 0 spiro atoms. The summed E-state index contributed by atoms with van der Waals surface area (Å²) in [6.45, 7) is 2.64. The lowest BCUT2D eigenvalue weighted by atomic mass is 10.1. The number of nitrogens with one attached hydrogen (secondary N) is 1. The lowest BCUT2D eigenvalue weighted by molar-refractivity contribution is -0.124. The van der Waals surface area contributed by atoms with Crippen molar-refractivity contribution < 1.29 is 22.7 Å². The molecule has 2 aromatic carbocycles. The topological polar surface area (TPSA) is 89.5 Å². The normalized spacial score (nSPS) is 12.3. The number of sulfone groups is 1. The predicted octanol–water partition coefficient (Wildman–Crippen LogP) is 3.82. The molecule has 1 unspecified atom stereocenters. The van der Waals surface area contributed by atoms with E-state index in [2.05, 4.69) is 5.32 Å². The highest BCUT2D eigenvalue weighted by Crippen LogP contribution is 2.26. The number of hydrogen-bond donors (Lipinski definition) is 1. The van der Waals surface area contributed by atoms with E-state index in [1.807, 2.05) is 0 Å². The van der Waals surface area contributed by atoms with Crippen molar-refractivity contribution in [3.8, 4) is 0 Å². The Morgan fingerprint density at radius 1 is 1.14 bits per heavy atom. The third-order valence-electron chi connectivity index (χ3n) is 3.96. The lowest BCUT2D eigenvalue weighted by Gasteiger charge is -2.16. The molecule has 0 aliphatic rings. The SMILES string of the molecule is CCS(=O)(=O)c1ccccc1C(=O)OCC(=O)NC(C)c1ccc(Cl)cc1Cl. The van der Waals surface area contributed by atoms with E-state index in [0.717, 1.165) is 0 Å².